The first kappa shape index (κ1) is 17.8. The van der Waals surface area contributed by atoms with Gasteiger partial charge in [0, 0.05) is 27.2 Å². The van der Waals surface area contributed by atoms with Crippen LogP contribution in [0.25, 0.3) is 0 Å². The van der Waals surface area contributed by atoms with Crippen LogP contribution in [0.5, 0.6) is 0 Å². The molecule has 20 heavy (non-hydrogen) atoms. The molecule has 0 aromatic carbocycles. The van der Waals surface area contributed by atoms with E-state index in [1.807, 2.05) is 0 Å². The maximum atomic E-state index is 12.3. The number of carbonyl (C=O) groups is 2. The van der Waals surface area contributed by atoms with Crippen molar-refractivity contribution < 1.29 is 28.5 Å². The Bertz CT molecular complexity index is 388. The van der Waals surface area contributed by atoms with E-state index >= 15 is 0 Å². The Labute approximate surface area is 131 Å². The molecule has 0 aromatic heterocycles. The van der Waals surface area contributed by atoms with Crippen LogP contribution in [0.4, 0.5) is 0 Å². The number of halogens is 2. The predicted molar refractivity (Wildman–Crippen MR) is 75.1 cm³/mol. The van der Waals surface area contributed by atoms with E-state index in [0.717, 1.165) is 0 Å². The summed E-state index contributed by atoms with van der Waals surface area (Å²) in [5.41, 5.74) is 0. The minimum absolute atomic E-state index is 0.0664. The molecule has 0 saturated heterocycles. The van der Waals surface area contributed by atoms with Crippen molar-refractivity contribution in [1.29, 1.82) is 0 Å². The number of esters is 1. The molecule has 3 atom stereocenters. The van der Waals surface area contributed by atoms with Gasteiger partial charge >= 0.3 is 5.97 Å². The van der Waals surface area contributed by atoms with Crippen LogP contribution in [0.3, 0.4) is 0 Å². The topological polar surface area (TPSA) is 71.1 Å². The average molecular weight is 374 g/mol. The van der Waals surface area contributed by atoms with Crippen LogP contribution in [0.2, 0.25) is 0 Å². The Hall–Kier alpha value is -0.210. The molecule has 116 valence electrons. The number of alkyl halides is 2. The van der Waals surface area contributed by atoms with Gasteiger partial charge in [0.25, 0.3) is 0 Å². The Kier molecular flexibility index (Phi) is 5.60. The molecule has 1 aliphatic rings. The fourth-order valence-corrected chi connectivity index (χ4v) is 4.27. The molecule has 0 spiro atoms. The molecule has 0 radical (unpaired) electrons. The van der Waals surface area contributed by atoms with E-state index in [9.17, 15) is 9.59 Å². The Morgan fingerprint density at radius 3 is 2.30 bits per heavy atom. The summed E-state index contributed by atoms with van der Waals surface area (Å²) in [6.07, 6.45) is -0.539. The highest BCUT2D eigenvalue weighted by Crippen LogP contribution is 2.56. The molecule has 0 unspecified atom stereocenters. The highest BCUT2D eigenvalue weighted by Gasteiger charge is 2.75. The fourth-order valence-electron chi connectivity index (χ4n) is 2.57. The monoisotopic (exact) mass is 372 g/mol. The summed E-state index contributed by atoms with van der Waals surface area (Å²) in [6.45, 7) is 1.98. The SMILES string of the molecule is CCO[C@H]1[C@@](Cl)(C=O)CC(OC)(OC)[C@@]1(Br)C(=O)OC. The second kappa shape index (κ2) is 6.27. The Balaban J connectivity index is 3.49. The van der Waals surface area contributed by atoms with Crippen LogP contribution in [0.1, 0.15) is 13.3 Å². The summed E-state index contributed by atoms with van der Waals surface area (Å²) in [7, 11) is 3.94. The second-order valence-corrected chi connectivity index (χ2v) is 6.38. The quantitative estimate of drug-likeness (QED) is 0.302. The van der Waals surface area contributed by atoms with Gasteiger partial charge in [0.2, 0.25) is 4.32 Å². The normalized spacial score (nSPS) is 35.8. The zero-order valence-corrected chi connectivity index (χ0v) is 14.1. The first-order valence-electron chi connectivity index (χ1n) is 5.96. The molecule has 0 bridgehead atoms. The molecule has 8 heteroatoms. The molecule has 0 aliphatic heterocycles. The molecular formula is C12H18BrClO6. The summed E-state index contributed by atoms with van der Waals surface area (Å²) in [6, 6.07) is 0. The fraction of sp³-hybridized carbons (Fsp3) is 0.833. The van der Waals surface area contributed by atoms with Crippen molar-refractivity contribution in [2.24, 2.45) is 0 Å². The van der Waals surface area contributed by atoms with Gasteiger partial charge in [0.1, 0.15) is 17.3 Å². The number of methoxy groups -OCH3 is 3. The van der Waals surface area contributed by atoms with Crippen molar-refractivity contribution >= 4 is 39.8 Å². The largest absolute Gasteiger partial charge is 0.468 e. The molecule has 1 fully saturated rings. The van der Waals surface area contributed by atoms with Gasteiger partial charge in [-0.1, -0.05) is 15.9 Å². The van der Waals surface area contributed by atoms with Gasteiger partial charge in [-0.25, -0.2) is 0 Å². The highest BCUT2D eigenvalue weighted by molar-refractivity contribution is 9.10. The predicted octanol–water partition coefficient (Wildman–Crippen LogP) is 1.27. The smallest absolute Gasteiger partial charge is 0.331 e. The van der Waals surface area contributed by atoms with Crippen LogP contribution in [-0.2, 0) is 28.5 Å². The summed E-state index contributed by atoms with van der Waals surface area (Å²) in [5.74, 6) is -2.17. The van der Waals surface area contributed by atoms with Crippen molar-refractivity contribution in [1.82, 2.24) is 0 Å². The van der Waals surface area contributed by atoms with Crippen LogP contribution >= 0.6 is 27.5 Å². The van der Waals surface area contributed by atoms with Crippen molar-refractivity contribution in [3.8, 4) is 0 Å². The lowest BCUT2D eigenvalue weighted by molar-refractivity contribution is -0.228. The Morgan fingerprint density at radius 1 is 1.40 bits per heavy atom. The van der Waals surface area contributed by atoms with E-state index < -0.39 is 27.1 Å². The van der Waals surface area contributed by atoms with E-state index in [2.05, 4.69) is 15.9 Å². The van der Waals surface area contributed by atoms with Crippen LogP contribution in [-0.4, -0.2) is 61.3 Å². The standard InChI is InChI=1S/C12H18BrClO6/c1-5-20-8-10(14,7-15)6-11(18-3,19-4)12(8,13)9(16)17-2/h7-8H,5-6H2,1-4H3/t8-,10-,12-/m0/s1. The van der Waals surface area contributed by atoms with Gasteiger partial charge in [-0.15, -0.1) is 11.6 Å². The van der Waals surface area contributed by atoms with Crippen molar-refractivity contribution in [2.75, 3.05) is 27.9 Å². The number of carbonyl (C=O) groups excluding carboxylic acids is 2. The third kappa shape index (κ3) is 2.29. The lowest BCUT2D eigenvalue weighted by Gasteiger charge is -2.39. The first-order valence-corrected chi connectivity index (χ1v) is 7.13. The molecule has 6 nitrogen and oxygen atoms in total. The van der Waals surface area contributed by atoms with Crippen molar-refractivity contribution in [2.45, 2.75) is 34.4 Å². The molecule has 1 rings (SSSR count). The molecule has 0 amide bonds. The summed E-state index contributed by atoms with van der Waals surface area (Å²) in [5, 5.41) is 0. The van der Waals surface area contributed by atoms with Gasteiger partial charge in [0.05, 0.1) is 7.11 Å². The van der Waals surface area contributed by atoms with Gasteiger partial charge in [-0.3, -0.25) is 4.79 Å². The van der Waals surface area contributed by atoms with Gasteiger partial charge in [-0.2, -0.15) is 0 Å². The minimum atomic E-state index is -1.56. The van der Waals surface area contributed by atoms with E-state index in [4.69, 9.17) is 30.5 Å². The lowest BCUT2D eigenvalue weighted by Crippen LogP contribution is -2.60. The van der Waals surface area contributed by atoms with Crippen LogP contribution in [0.15, 0.2) is 0 Å². The zero-order chi connectivity index (χ0) is 15.6. The van der Waals surface area contributed by atoms with Crippen LogP contribution < -0.4 is 0 Å². The summed E-state index contributed by atoms with van der Waals surface area (Å²) >= 11 is 9.64. The van der Waals surface area contributed by atoms with Gasteiger partial charge in [-0.05, 0) is 6.92 Å². The maximum Gasteiger partial charge on any atom is 0.331 e. The summed E-state index contributed by atoms with van der Waals surface area (Å²) < 4.78 is 19.5. The molecule has 1 saturated carbocycles. The van der Waals surface area contributed by atoms with Gasteiger partial charge in [0.15, 0.2) is 5.79 Å². The molecule has 0 N–H and O–H groups in total. The second-order valence-electron chi connectivity index (χ2n) is 4.42. The van der Waals surface area contributed by atoms with Gasteiger partial charge < -0.3 is 23.7 Å². The zero-order valence-electron chi connectivity index (χ0n) is 11.8. The number of hydrogen-bond acceptors (Lipinski definition) is 6. The van der Waals surface area contributed by atoms with E-state index in [1.54, 1.807) is 6.92 Å². The number of rotatable bonds is 6. The maximum absolute atomic E-state index is 12.3. The van der Waals surface area contributed by atoms with Crippen LogP contribution in [0, 0.1) is 0 Å². The number of hydrogen-bond donors (Lipinski definition) is 0. The third-order valence-electron chi connectivity index (χ3n) is 3.53. The Morgan fingerprint density at radius 2 is 1.95 bits per heavy atom. The lowest BCUT2D eigenvalue weighted by atomic mass is 9.98. The van der Waals surface area contributed by atoms with E-state index in [-0.39, 0.29) is 13.0 Å². The minimum Gasteiger partial charge on any atom is -0.468 e. The van der Waals surface area contributed by atoms with Crippen molar-refractivity contribution in [3.05, 3.63) is 0 Å². The highest BCUT2D eigenvalue weighted by atomic mass is 79.9. The van der Waals surface area contributed by atoms with E-state index in [0.29, 0.717) is 6.29 Å². The van der Waals surface area contributed by atoms with Crippen molar-refractivity contribution in [3.63, 3.8) is 0 Å². The first-order chi connectivity index (χ1) is 9.31. The summed E-state index contributed by atoms with van der Waals surface area (Å²) in [4.78, 5) is 22.2. The van der Waals surface area contributed by atoms with E-state index in [1.165, 1.54) is 21.3 Å². The molecule has 1 aliphatic carbocycles. The average Bonchev–Trinajstić information content (AvgIpc) is 2.67. The molecular weight excluding hydrogens is 355 g/mol. The number of aldehydes is 1. The molecule has 0 aromatic rings. The molecule has 0 heterocycles. The number of ether oxygens (including phenoxy) is 4. The third-order valence-corrected chi connectivity index (χ3v) is 5.29.